The number of halogens is 1. The second-order valence-electron chi connectivity index (χ2n) is 6.28. The molecule has 0 aromatic heterocycles. The Hall–Kier alpha value is 0.130. The second-order valence-corrected chi connectivity index (χ2v) is 6.28. The minimum Gasteiger partial charge on any atom is -0.363 e. The number of nitrogens with zero attached hydrogens (tertiary/aromatic N) is 2. The van der Waals surface area contributed by atoms with Crippen molar-refractivity contribution >= 4 is 12.4 Å². The first kappa shape index (κ1) is 16.2. The van der Waals surface area contributed by atoms with Crippen LogP contribution in [0.25, 0.3) is 0 Å². The summed E-state index contributed by atoms with van der Waals surface area (Å²) in [7, 11) is 2.20. The van der Waals surface area contributed by atoms with Gasteiger partial charge >= 0.3 is 0 Å². The van der Waals surface area contributed by atoms with Crippen molar-refractivity contribution in [2.75, 3.05) is 52.9 Å². The standard InChI is InChI=1S/C13H27N3O.ClH/c1-13(2)10-14-12(17-11-13)4-5-16-8-6-15(3)7-9-16;/h12,14H,4-11H2,1-3H3;1H. The first-order valence-corrected chi connectivity index (χ1v) is 6.81. The SMILES string of the molecule is CN1CCN(CCC2NCC(C)(C)CO2)CC1.Cl. The van der Waals surface area contributed by atoms with E-state index in [-0.39, 0.29) is 18.6 Å². The number of hydrogen-bond acceptors (Lipinski definition) is 4. The van der Waals surface area contributed by atoms with Gasteiger partial charge in [-0.05, 0) is 13.5 Å². The molecule has 0 saturated carbocycles. The summed E-state index contributed by atoms with van der Waals surface area (Å²) in [5.74, 6) is 0. The van der Waals surface area contributed by atoms with Crippen molar-refractivity contribution in [3.8, 4) is 0 Å². The maximum Gasteiger partial charge on any atom is 0.109 e. The van der Waals surface area contributed by atoms with Gasteiger partial charge in [-0.1, -0.05) is 13.8 Å². The van der Waals surface area contributed by atoms with Gasteiger partial charge in [-0.25, -0.2) is 0 Å². The summed E-state index contributed by atoms with van der Waals surface area (Å²) in [6, 6.07) is 0. The molecule has 0 spiro atoms. The van der Waals surface area contributed by atoms with Crippen LogP contribution in [0, 0.1) is 5.41 Å². The van der Waals surface area contributed by atoms with Crippen LogP contribution in [0.5, 0.6) is 0 Å². The van der Waals surface area contributed by atoms with Crippen LogP contribution in [0.2, 0.25) is 0 Å². The van der Waals surface area contributed by atoms with E-state index in [1.165, 1.54) is 26.2 Å². The van der Waals surface area contributed by atoms with E-state index >= 15 is 0 Å². The summed E-state index contributed by atoms with van der Waals surface area (Å²) in [6.45, 7) is 12.4. The first-order chi connectivity index (χ1) is 8.05. The molecular weight excluding hydrogens is 250 g/mol. The van der Waals surface area contributed by atoms with Crippen molar-refractivity contribution in [3.05, 3.63) is 0 Å². The maximum absolute atomic E-state index is 5.86. The van der Waals surface area contributed by atoms with Gasteiger partial charge in [0.05, 0.1) is 6.61 Å². The van der Waals surface area contributed by atoms with Crippen LogP contribution in [0.1, 0.15) is 20.3 Å². The molecule has 1 atom stereocenters. The van der Waals surface area contributed by atoms with Gasteiger partial charge in [0.1, 0.15) is 6.23 Å². The predicted octanol–water partition coefficient (Wildman–Crippen LogP) is 1.02. The van der Waals surface area contributed by atoms with Crippen LogP contribution in [-0.4, -0.2) is 69.0 Å². The third-order valence-electron chi connectivity index (χ3n) is 3.79. The number of hydrogen-bond donors (Lipinski definition) is 1. The van der Waals surface area contributed by atoms with E-state index < -0.39 is 0 Å². The van der Waals surface area contributed by atoms with Gasteiger partial charge < -0.3 is 14.5 Å². The number of nitrogens with one attached hydrogen (secondary N) is 1. The van der Waals surface area contributed by atoms with E-state index in [0.29, 0.717) is 5.41 Å². The van der Waals surface area contributed by atoms with Gasteiger partial charge in [-0.2, -0.15) is 0 Å². The average molecular weight is 278 g/mol. The van der Waals surface area contributed by atoms with E-state index in [9.17, 15) is 0 Å². The lowest BCUT2D eigenvalue weighted by Gasteiger charge is -2.37. The van der Waals surface area contributed by atoms with Crippen molar-refractivity contribution in [1.29, 1.82) is 0 Å². The van der Waals surface area contributed by atoms with Crippen LogP contribution in [0.15, 0.2) is 0 Å². The normalized spacial score (nSPS) is 29.8. The number of ether oxygens (including phenoxy) is 1. The minimum atomic E-state index is 0. The highest BCUT2D eigenvalue weighted by molar-refractivity contribution is 5.85. The van der Waals surface area contributed by atoms with Gasteiger partial charge in [0.15, 0.2) is 0 Å². The van der Waals surface area contributed by atoms with E-state index in [2.05, 4.69) is 36.0 Å². The van der Waals surface area contributed by atoms with Crippen LogP contribution in [0.4, 0.5) is 0 Å². The molecule has 0 radical (unpaired) electrons. The third-order valence-corrected chi connectivity index (χ3v) is 3.79. The van der Waals surface area contributed by atoms with E-state index in [1.54, 1.807) is 0 Å². The van der Waals surface area contributed by atoms with Gasteiger partial charge in [0, 0.05) is 44.7 Å². The highest BCUT2D eigenvalue weighted by atomic mass is 35.5. The molecular formula is C13H28ClN3O. The highest BCUT2D eigenvalue weighted by Gasteiger charge is 2.27. The number of rotatable bonds is 3. The van der Waals surface area contributed by atoms with Crippen LogP contribution >= 0.6 is 12.4 Å². The Morgan fingerprint density at radius 3 is 2.44 bits per heavy atom. The van der Waals surface area contributed by atoms with Crippen molar-refractivity contribution in [3.63, 3.8) is 0 Å². The first-order valence-electron chi connectivity index (χ1n) is 6.81. The van der Waals surface area contributed by atoms with E-state index in [1.807, 2.05) is 0 Å². The average Bonchev–Trinajstić information content (AvgIpc) is 2.30. The molecule has 0 amide bonds. The smallest absolute Gasteiger partial charge is 0.109 e. The lowest BCUT2D eigenvalue weighted by atomic mass is 9.93. The molecule has 1 N–H and O–H groups in total. The number of piperazine rings is 1. The summed E-state index contributed by atoms with van der Waals surface area (Å²) >= 11 is 0. The minimum absolute atomic E-state index is 0. The van der Waals surface area contributed by atoms with Gasteiger partial charge in [0.25, 0.3) is 0 Å². The van der Waals surface area contributed by atoms with Crippen molar-refractivity contribution in [1.82, 2.24) is 15.1 Å². The molecule has 108 valence electrons. The van der Waals surface area contributed by atoms with Gasteiger partial charge in [-0.15, -0.1) is 12.4 Å². The van der Waals surface area contributed by atoms with Crippen molar-refractivity contribution < 1.29 is 4.74 Å². The Labute approximate surface area is 117 Å². The Bertz CT molecular complexity index is 232. The second kappa shape index (κ2) is 7.06. The Morgan fingerprint density at radius 1 is 1.22 bits per heavy atom. The van der Waals surface area contributed by atoms with Crippen molar-refractivity contribution in [2.45, 2.75) is 26.5 Å². The summed E-state index contributed by atoms with van der Waals surface area (Å²) in [5, 5.41) is 3.50. The molecule has 2 fully saturated rings. The lowest BCUT2D eigenvalue weighted by Crippen LogP contribution is -2.50. The topological polar surface area (TPSA) is 27.7 Å². The molecule has 0 aromatic rings. The quantitative estimate of drug-likeness (QED) is 0.834. The van der Waals surface area contributed by atoms with E-state index in [4.69, 9.17) is 4.74 Å². The summed E-state index contributed by atoms with van der Waals surface area (Å²) < 4.78 is 5.86. The molecule has 2 heterocycles. The summed E-state index contributed by atoms with van der Waals surface area (Å²) in [6.07, 6.45) is 1.38. The number of likely N-dealkylation sites (N-methyl/N-ethyl adjacent to an activating group) is 1. The van der Waals surface area contributed by atoms with Crippen LogP contribution in [-0.2, 0) is 4.74 Å². The lowest BCUT2D eigenvalue weighted by molar-refractivity contribution is -0.0645. The largest absolute Gasteiger partial charge is 0.363 e. The van der Waals surface area contributed by atoms with E-state index in [0.717, 1.165) is 26.1 Å². The van der Waals surface area contributed by atoms with Crippen LogP contribution < -0.4 is 5.32 Å². The molecule has 1 unspecified atom stereocenters. The molecule has 2 aliphatic heterocycles. The predicted molar refractivity (Wildman–Crippen MR) is 77.3 cm³/mol. The molecule has 2 rings (SSSR count). The Kier molecular flexibility index (Phi) is 6.35. The fourth-order valence-electron chi connectivity index (χ4n) is 2.38. The van der Waals surface area contributed by atoms with Gasteiger partial charge in [-0.3, -0.25) is 5.32 Å². The summed E-state index contributed by atoms with van der Waals surface area (Å²) in [4.78, 5) is 4.94. The monoisotopic (exact) mass is 277 g/mol. The molecule has 0 bridgehead atoms. The van der Waals surface area contributed by atoms with Gasteiger partial charge in [0.2, 0.25) is 0 Å². The highest BCUT2D eigenvalue weighted by Crippen LogP contribution is 2.20. The zero-order chi connectivity index (χ0) is 12.3. The molecule has 2 aliphatic rings. The molecule has 5 heteroatoms. The van der Waals surface area contributed by atoms with Crippen LogP contribution in [0.3, 0.4) is 0 Å². The molecule has 4 nitrogen and oxygen atoms in total. The molecule has 18 heavy (non-hydrogen) atoms. The Balaban J connectivity index is 0.00000162. The zero-order valence-corrected chi connectivity index (χ0v) is 12.8. The molecule has 2 saturated heterocycles. The van der Waals surface area contributed by atoms with Crippen molar-refractivity contribution in [2.24, 2.45) is 5.41 Å². The third kappa shape index (κ3) is 5.02. The zero-order valence-electron chi connectivity index (χ0n) is 11.9. The fourth-order valence-corrected chi connectivity index (χ4v) is 2.38. The summed E-state index contributed by atoms with van der Waals surface area (Å²) in [5.41, 5.74) is 0.296. The molecule has 0 aromatic carbocycles. The Morgan fingerprint density at radius 2 is 1.89 bits per heavy atom. The maximum atomic E-state index is 5.86. The fraction of sp³-hybridized carbons (Fsp3) is 1.00. The molecule has 0 aliphatic carbocycles.